The number of ether oxygens (including phenoxy) is 2. The Morgan fingerprint density at radius 2 is 1.73 bits per heavy atom. The van der Waals surface area contributed by atoms with Crippen LogP contribution < -0.4 is 4.90 Å². The van der Waals surface area contributed by atoms with Gasteiger partial charge in [0.15, 0.2) is 0 Å². The number of cyclic esters (lactones) is 1. The fourth-order valence-electron chi connectivity index (χ4n) is 7.82. The molecule has 1 spiro atoms. The predicted molar refractivity (Wildman–Crippen MR) is 184 cm³/mol. The lowest BCUT2D eigenvalue weighted by molar-refractivity contribution is -0.164. The van der Waals surface area contributed by atoms with E-state index in [-0.39, 0.29) is 31.4 Å². The minimum atomic E-state index is -1.47. The Balaban J connectivity index is 1.49. The molecule has 3 amide bonds. The van der Waals surface area contributed by atoms with Crippen molar-refractivity contribution in [2.45, 2.75) is 76.0 Å². The first-order valence-corrected chi connectivity index (χ1v) is 17.4. The van der Waals surface area contributed by atoms with Gasteiger partial charge in [0.25, 0.3) is 5.91 Å². The molecule has 5 bridgehead atoms. The molecular formula is C38H44ClN3O7. The van der Waals surface area contributed by atoms with Gasteiger partial charge in [0.2, 0.25) is 11.8 Å². The second-order valence-electron chi connectivity index (χ2n) is 13.5. The van der Waals surface area contributed by atoms with Crippen LogP contribution in [0.2, 0.25) is 5.02 Å². The van der Waals surface area contributed by atoms with Gasteiger partial charge < -0.3 is 29.3 Å². The van der Waals surface area contributed by atoms with Gasteiger partial charge >= 0.3 is 5.97 Å². The van der Waals surface area contributed by atoms with Crippen molar-refractivity contribution in [3.8, 4) is 0 Å². The third-order valence-corrected chi connectivity index (χ3v) is 11.1. The molecule has 2 aromatic rings. The Labute approximate surface area is 292 Å². The summed E-state index contributed by atoms with van der Waals surface area (Å²) in [5, 5.41) is 11.2. The van der Waals surface area contributed by atoms with Crippen molar-refractivity contribution in [2.75, 3.05) is 25.1 Å². The first-order chi connectivity index (χ1) is 23.5. The number of halogens is 1. The highest BCUT2D eigenvalue weighted by Crippen LogP contribution is 2.57. The van der Waals surface area contributed by atoms with E-state index in [1.165, 1.54) is 4.90 Å². The van der Waals surface area contributed by atoms with Crippen LogP contribution in [0.25, 0.3) is 0 Å². The Kier molecular flexibility index (Phi) is 10.0. The van der Waals surface area contributed by atoms with Gasteiger partial charge in [-0.2, -0.15) is 0 Å². The first kappa shape index (κ1) is 34.9. The Morgan fingerprint density at radius 1 is 1.02 bits per heavy atom. The number of carbonyl (C=O) groups excluding carboxylic acids is 4. The van der Waals surface area contributed by atoms with Crippen molar-refractivity contribution in [1.29, 1.82) is 0 Å². The number of aliphatic hydroxyl groups is 1. The quantitative estimate of drug-likeness (QED) is 0.345. The van der Waals surface area contributed by atoms with Crippen LogP contribution in [0.3, 0.4) is 0 Å². The molecule has 1 N–H and O–H groups in total. The summed E-state index contributed by atoms with van der Waals surface area (Å²) in [5.41, 5.74) is -0.207. The van der Waals surface area contributed by atoms with Gasteiger partial charge in [0.05, 0.1) is 30.7 Å². The lowest BCUT2D eigenvalue weighted by Gasteiger charge is -2.40. The maximum atomic E-state index is 15.0. The summed E-state index contributed by atoms with van der Waals surface area (Å²) >= 11 is 6.22. The van der Waals surface area contributed by atoms with E-state index in [0.29, 0.717) is 29.1 Å². The van der Waals surface area contributed by atoms with Crippen molar-refractivity contribution < 1.29 is 33.8 Å². The molecular weight excluding hydrogens is 646 g/mol. The predicted octanol–water partition coefficient (Wildman–Crippen LogP) is 4.71. The van der Waals surface area contributed by atoms with E-state index in [1.54, 1.807) is 53.3 Å². The molecule has 4 heterocycles. The standard InChI is InChI=1S/C38H44ClN3O7/c1-5-23(2)28(22-43)42-34-36(46)41(27-17-15-26(39)16-18-27)21-11-7-10-14-30(44)40(4)24(3)33(25-12-8-6-9-13-25)48-37(47)31-29-19-20-38(34,49-29)32(31)35(42)45/h6-9,11-13,15-20,23-24,28-29,31-34,43H,5,10,14,21-22H2,1-4H3/b11-7-/t23-,24+,28-,29-,31+,32+,33-,34-,38+/m0/s1. The van der Waals surface area contributed by atoms with Gasteiger partial charge in [-0.25, -0.2) is 0 Å². The van der Waals surface area contributed by atoms with E-state index < -0.39 is 65.6 Å². The largest absolute Gasteiger partial charge is 0.455 e. The number of rotatable bonds is 6. The number of hydrogen-bond acceptors (Lipinski definition) is 7. The zero-order valence-corrected chi connectivity index (χ0v) is 29.0. The van der Waals surface area contributed by atoms with Crippen LogP contribution in [0.15, 0.2) is 78.9 Å². The number of allylic oxidation sites excluding steroid dienone is 1. The van der Waals surface area contributed by atoms with Crippen molar-refractivity contribution in [1.82, 2.24) is 9.80 Å². The second kappa shape index (κ2) is 14.1. The molecule has 0 radical (unpaired) electrons. The average Bonchev–Trinajstić information content (AvgIpc) is 3.76. The van der Waals surface area contributed by atoms with E-state index in [9.17, 15) is 19.5 Å². The first-order valence-electron chi connectivity index (χ1n) is 17.1. The zero-order valence-electron chi connectivity index (χ0n) is 28.3. The maximum absolute atomic E-state index is 15.0. The number of amides is 3. The summed E-state index contributed by atoms with van der Waals surface area (Å²) in [4.78, 5) is 62.2. The number of likely N-dealkylation sites (N-methyl/N-ethyl adjacent to an activating group) is 1. The Bertz CT molecular complexity index is 1630. The number of anilines is 1. The summed E-state index contributed by atoms with van der Waals surface area (Å²) in [6.45, 7) is 5.51. The van der Waals surface area contributed by atoms with Crippen LogP contribution >= 0.6 is 11.6 Å². The molecule has 4 aliphatic heterocycles. The molecule has 2 saturated heterocycles. The average molecular weight is 690 g/mol. The minimum absolute atomic E-state index is 0.126. The minimum Gasteiger partial charge on any atom is -0.455 e. The molecule has 49 heavy (non-hydrogen) atoms. The molecule has 260 valence electrons. The number of esters is 1. The smallest absolute Gasteiger partial charge is 0.313 e. The van der Waals surface area contributed by atoms with Gasteiger partial charge in [-0.05, 0) is 49.1 Å². The monoisotopic (exact) mass is 689 g/mol. The fourth-order valence-corrected chi connectivity index (χ4v) is 7.95. The summed E-state index contributed by atoms with van der Waals surface area (Å²) < 4.78 is 12.9. The van der Waals surface area contributed by atoms with Crippen LogP contribution in [-0.2, 0) is 28.7 Å². The number of aliphatic hydroxyl groups excluding tert-OH is 1. The number of hydrogen-bond donors (Lipinski definition) is 1. The summed E-state index contributed by atoms with van der Waals surface area (Å²) in [6.07, 6.45) is 6.84. The Morgan fingerprint density at radius 3 is 2.41 bits per heavy atom. The van der Waals surface area contributed by atoms with Crippen molar-refractivity contribution >= 4 is 41.0 Å². The van der Waals surface area contributed by atoms with E-state index in [1.807, 2.05) is 63.3 Å². The van der Waals surface area contributed by atoms with E-state index >= 15 is 4.79 Å². The van der Waals surface area contributed by atoms with Crippen molar-refractivity contribution in [2.24, 2.45) is 17.8 Å². The highest BCUT2D eigenvalue weighted by atomic mass is 35.5. The van der Waals surface area contributed by atoms with Gasteiger partial charge in [0, 0.05) is 30.7 Å². The molecule has 0 unspecified atom stereocenters. The normalized spacial score (nSPS) is 32.3. The molecule has 2 aromatic carbocycles. The summed E-state index contributed by atoms with van der Waals surface area (Å²) in [7, 11) is 1.70. The number of likely N-dealkylation sites (tertiary alicyclic amines) is 1. The SMILES string of the molecule is CC[C@H](C)[C@H](CO)N1C(=O)[C@H]2[C@@H]3C(=O)O[C@H](c4ccccc4)[C@@H](C)N(C)C(=O)CC/C=C\CN(c4ccc(Cl)cc4)C(=O)[C@H]1[C@@]21C=C[C@@H]3O1. The summed E-state index contributed by atoms with van der Waals surface area (Å²) in [5.74, 6) is -3.90. The van der Waals surface area contributed by atoms with Gasteiger partial charge in [-0.3, -0.25) is 19.2 Å². The highest BCUT2D eigenvalue weighted by molar-refractivity contribution is 6.30. The molecule has 10 nitrogen and oxygen atoms in total. The van der Waals surface area contributed by atoms with Crippen LogP contribution in [0.4, 0.5) is 5.69 Å². The lowest BCUT2D eigenvalue weighted by Crippen LogP contribution is -2.59. The van der Waals surface area contributed by atoms with Crippen LogP contribution in [0, 0.1) is 17.8 Å². The third-order valence-electron chi connectivity index (χ3n) is 10.9. The van der Waals surface area contributed by atoms with E-state index in [2.05, 4.69) is 0 Å². The molecule has 2 fully saturated rings. The summed E-state index contributed by atoms with van der Waals surface area (Å²) in [6, 6.07) is 13.7. The van der Waals surface area contributed by atoms with Crippen LogP contribution in [0.1, 0.15) is 51.7 Å². The number of carbonyl (C=O) groups is 4. The van der Waals surface area contributed by atoms with Gasteiger partial charge in [-0.1, -0.05) is 86.5 Å². The molecule has 0 aromatic heterocycles. The van der Waals surface area contributed by atoms with Crippen LogP contribution in [-0.4, -0.2) is 88.6 Å². The molecule has 6 rings (SSSR count). The third kappa shape index (κ3) is 6.08. The second-order valence-corrected chi connectivity index (χ2v) is 14.0. The van der Waals surface area contributed by atoms with Gasteiger partial charge in [-0.15, -0.1) is 0 Å². The fraction of sp³-hybridized carbons (Fsp3) is 0.474. The highest BCUT2D eigenvalue weighted by Gasteiger charge is 2.74. The molecule has 0 aliphatic carbocycles. The molecule has 9 atom stereocenters. The molecule has 4 aliphatic rings. The van der Waals surface area contributed by atoms with Gasteiger partial charge in [0.1, 0.15) is 23.7 Å². The zero-order chi connectivity index (χ0) is 35.0. The van der Waals surface area contributed by atoms with E-state index in [4.69, 9.17) is 21.1 Å². The van der Waals surface area contributed by atoms with Crippen LogP contribution in [0.5, 0.6) is 0 Å². The maximum Gasteiger partial charge on any atom is 0.313 e. The van der Waals surface area contributed by atoms with Crippen molar-refractivity contribution in [3.05, 3.63) is 89.5 Å². The number of fused-ring (bicyclic) bond motifs is 2. The van der Waals surface area contributed by atoms with Crippen molar-refractivity contribution in [3.63, 3.8) is 0 Å². The molecule has 11 heteroatoms. The van der Waals surface area contributed by atoms with E-state index in [0.717, 1.165) is 0 Å². The lowest BCUT2D eigenvalue weighted by atomic mass is 9.74. The Hall–Kier alpha value is -3.99. The molecule has 0 saturated carbocycles. The number of nitrogens with zero attached hydrogens (tertiary/aromatic N) is 3. The number of benzene rings is 2. The topological polar surface area (TPSA) is 117 Å².